The number of piperidine rings is 1. The molecule has 6 nitrogen and oxygen atoms in total. The number of amides is 1. The number of likely N-dealkylation sites (tertiary alicyclic amines) is 1. The molecule has 0 radical (unpaired) electrons. The molecule has 0 aromatic heterocycles. The molecule has 0 atom stereocenters. The smallest absolute Gasteiger partial charge is 0.251 e. The summed E-state index contributed by atoms with van der Waals surface area (Å²) in [6, 6.07) is 8.11. The number of hydrogen-bond acceptors (Lipinski definition) is 3. The first-order valence-electron chi connectivity index (χ1n) is 9.16. The van der Waals surface area contributed by atoms with Gasteiger partial charge >= 0.3 is 0 Å². The molecule has 3 N–H and O–H groups in total. The Hall–Kier alpha value is -2.08. The van der Waals surface area contributed by atoms with Crippen molar-refractivity contribution in [2.24, 2.45) is 4.99 Å². The van der Waals surface area contributed by atoms with Crippen LogP contribution in [0, 0.1) is 0 Å². The van der Waals surface area contributed by atoms with Crippen LogP contribution in [-0.2, 0) is 6.54 Å². The van der Waals surface area contributed by atoms with Crippen molar-refractivity contribution < 1.29 is 4.79 Å². The highest BCUT2D eigenvalue weighted by atomic mass is 16.1. The van der Waals surface area contributed by atoms with Crippen molar-refractivity contribution in [3.8, 4) is 0 Å². The Balaban J connectivity index is 1.82. The van der Waals surface area contributed by atoms with E-state index in [-0.39, 0.29) is 5.91 Å². The zero-order chi connectivity index (χ0) is 18.1. The Morgan fingerprint density at radius 1 is 1.32 bits per heavy atom. The summed E-state index contributed by atoms with van der Waals surface area (Å²) >= 11 is 0. The highest BCUT2D eigenvalue weighted by Crippen LogP contribution is 2.10. The molecule has 138 valence electrons. The van der Waals surface area contributed by atoms with Gasteiger partial charge < -0.3 is 20.9 Å². The lowest BCUT2D eigenvalue weighted by Gasteiger charge is -2.32. The molecule has 1 aliphatic rings. The Bertz CT molecular complexity index is 579. The molecule has 1 amide bonds. The van der Waals surface area contributed by atoms with Crippen LogP contribution < -0.4 is 16.0 Å². The highest BCUT2D eigenvalue weighted by Gasteiger charge is 2.19. The maximum absolute atomic E-state index is 11.7. The minimum atomic E-state index is -0.0665. The number of benzene rings is 1. The lowest BCUT2D eigenvalue weighted by Crippen LogP contribution is -2.48. The normalized spacial score (nSPS) is 16.5. The van der Waals surface area contributed by atoms with Crippen molar-refractivity contribution >= 4 is 11.9 Å². The van der Waals surface area contributed by atoms with Crippen LogP contribution in [0.1, 0.15) is 42.1 Å². The van der Waals surface area contributed by atoms with E-state index >= 15 is 0 Å². The molecule has 0 unspecified atom stereocenters. The predicted octanol–water partition coefficient (Wildman–Crippen LogP) is 1.59. The summed E-state index contributed by atoms with van der Waals surface area (Å²) in [5, 5.41) is 9.52. The standard InChI is InChI=1S/C19H31N5O/c1-4-10-24-11-8-17(9-12-24)23-19(21-3)22-14-15-6-5-7-16(13-15)18(25)20-2/h5-7,13,17H,4,8-12,14H2,1-3H3,(H,20,25)(H2,21,22,23). The molecule has 1 heterocycles. The van der Waals surface area contributed by atoms with E-state index in [1.165, 1.54) is 13.0 Å². The third-order valence-electron chi connectivity index (χ3n) is 4.57. The first-order valence-corrected chi connectivity index (χ1v) is 9.16. The van der Waals surface area contributed by atoms with Crippen molar-refractivity contribution in [1.29, 1.82) is 0 Å². The van der Waals surface area contributed by atoms with Gasteiger partial charge in [0.1, 0.15) is 0 Å². The number of carbonyl (C=O) groups excluding carboxylic acids is 1. The van der Waals surface area contributed by atoms with Gasteiger partial charge in [0.15, 0.2) is 5.96 Å². The van der Waals surface area contributed by atoms with E-state index in [9.17, 15) is 4.79 Å². The molecular formula is C19H31N5O. The van der Waals surface area contributed by atoms with Crippen LogP contribution in [0.4, 0.5) is 0 Å². The van der Waals surface area contributed by atoms with Crippen LogP contribution >= 0.6 is 0 Å². The van der Waals surface area contributed by atoms with Crippen LogP contribution in [0.3, 0.4) is 0 Å². The van der Waals surface area contributed by atoms with Gasteiger partial charge in [0, 0.05) is 45.3 Å². The summed E-state index contributed by atoms with van der Waals surface area (Å²) in [6.07, 6.45) is 3.51. The minimum Gasteiger partial charge on any atom is -0.355 e. The van der Waals surface area contributed by atoms with Gasteiger partial charge in [0.25, 0.3) is 5.91 Å². The first-order chi connectivity index (χ1) is 12.2. The topological polar surface area (TPSA) is 68.8 Å². The second kappa shape index (κ2) is 10.0. The number of carbonyl (C=O) groups is 1. The zero-order valence-electron chi connectivity index (χ0n) is 15.6. The van der Waals surface area contributed by atoms with E-state index in [4.69, 9.17) is 0 Å². The zero-order valence-corrected chi connectivity index (χ0v) is 15.6. The summed E-state index contributed by atoms with van der Waals surface area (Å²) in [4.78, 5) is 18.6. The highest BCUT2D eigenvalue weighted by molar-refractivity contribution is 5.94. The van der Waals surface area contributed by atoms with Crippen molar-refractivity contribution in [2.45, 2.75) is 38.8 Å². The van der Waals surface area contributed by atoms with Gasteiger partial charge in [0.2, 0.25) is 0 Å². The maximum Gasteiger partial charge on any atom is 0.251 e. The fourth-order valence-corrected chi connectivity index (χ4v) is 3.16. The Labute approximate surface area is 151 Å². The molecule has 1 aliphatic heterocycles. The quantitative estimate of drug-likeness (QED) is 0.541. The van der Waals surface area contributed by atoms with Crippen molar-refractivity contribution in [3.63, 3.8) is 0 Å². The average Bonchev–Trinajstić information content (AvgIpc) is 2.66. The minimum absolute atomic E-state index is 0.0665. The molecule has 0 aliphatic carbocycles. The molecule has 1 aromatic rings. The fourth-order valence-electron chi connectivity index (χ4n) is 3.16. The van der Waals surface area contributed by atoms with Crippen LogP contribution in [-0.4, -0.2) is 56.5 Å². The third-order valence-corrected chi connectivity index (χ3v) is 4.57. The van der Waals surface area contributed by atoms with Crippen molar-refractivity contribution in [2.75, 3.05) is 33.7 Å². The number of rotatable bonds is 6. The number of nitrogens with one attached hydrogen (secondary N) is 3. The van der Waals surface area contributed by atoms with E-state index in [2.05, 4.69) is 32.8 Å². The third kappa shape index (κ3) is 6.05. The van der Waals surface area contributed by atoms with Crippen LogP contribution in [0.15, 0.2) is 29.3 Å². The number of nitrogens with zero attached hydrogens (tertiary/aromatic N) is 2. The summed E-state index contributed by atoms with van der Waals surface area (Å²) < 4.78 is 0. The first kappa shape index (κ1) is 19.2. The van der Waals surface area contributed by atoms with Gasteiger partial charge in [-0.15, -0.1) is 0 Å². The molecule has 1 saturated heterocycles. The van der Waals surface area contributed by atoms with E-state index in [0.29, 0.717) is 18.2 Å². The summed E-state index contributed by atoms with van der Waals surface area (Å²) in [5.41, 5.74) is 1.73. The molecule has 2 rings (SSSR count). The fraction of sp³-hybridized carbons (Fsp3) is 0.579. The molecule has 0 bridgehead atoms. The van der Waals surface area contributed by atoms with Crippen LogP contribution in [0.25, 0.3) is 0 Å². The SMILES string of the molecule is CCCN1CCC(NC(=NC)NCc2cccc(C(=O)NC)c2)CC1. The van der Waals surface area contributed by atoms with E-state index in [1.54, 1.807) is 14.1 Å². The average molecular weight is 345 g/mol. The van der Waals surface area contributed by atoms with Crippen LogP contribution in [0.2, 0.25) is 0 Å². The monoisotopic (exact) mass is 345 g/mol. The Kier molecular flexibility index (Phi) is 7.73. The van der Waals surface area contributed by atoms with Crippen LogP contribution in [0.5, 0.6) is 0 Å². The van der Waals surface area contributed by atoms with Gasteiger partial charge in [-0.05, 0) is 43.5 Å². The summed E-state index contributed by atoms with van der Waals surface area (Å²) in [6.45, 7) is 6.36. The molecule has 1 aromatic carbocycles. The van der Waals surface area contributed by atoms with Gasteiger partial charge in [-0.25, -0.2) is 0 Å². The van der Waals surface area contributed by atoms with Gasteiger partial charge in [-0.2, -0.15) is 0 Å². The largest absolute Gasteiger partial charge is 0.355 e. The molecule has 1 fully saturated rings. The molecule has 0 spiro atoms. The number of aliphatic imine (C=N–C) groups is 1. The lowest BCUT2D eigenvalue weighted by molar-refractivity contribution is 0.0963. The van der Waals surface area contributed by atoms with Crippen molar-refractivity contribution in [1.82, 2.24) is 20.9 Å². The van der Waals surface area contributed by atoms with Crippen molar-refractivity contribution in [3.05, 3.63) is 35.4 Å². The molecule has 0 saturated carbocycles. The summed E-state index contributed by atoms with van der Waals surface area (Å²) in [5.74, 6) is 0.752. The van der Waals surface area contributed by atoms with E-state index in [0.717, 1.165) is 37.5 Å². The van der Waals surface area contributed by atoms with E-state index in [1.807, 2.05) is 24.3 Å². The van der Waals surface area contributed by atoms with Gasteiger partial charge in [0.05, 0.1) is 0 Å². The van der Waals surface area contributed by atoms with E-state index < -0.39 is 0 Å². The second-order valence-corrected chi connectivity index (χ2v) is 6.47. The Morgan fingerprint density at radius 3 is 2.72 bits per heavy atom. The molecular weight excluding hydrogens is 314 g/mol. The molecule has 6 heteroatoms. The predicted molar refractivity (Wildman–Crippen MR) is 103 cm³/mol. The Morgan fingerprint density at radius 2 is 2.08 bits per heavy atom. The second-order valence-electron chi connectivity index (χ2n) is 6.47. The lowest BCUT2D eigenvalue weighted by atomic mass is 10.1. The number of guanidine groups is 1. The number of hydrogen-bond donors (Lipinski definition) is 3. The summed E-state index contributed by atoms with van der Waals surface area (Å²) in [7, 11) is 3.44. The van der Waals surface area contributed by atoms with Gasteiger partial charge in [-0.1, -0.05) is 19.1 Å². The van der Waals surface area contributed by atoms with Gasteiger partial charge in [-0.3, -0.25) is 9.79 Å². The maximum atomic E-state index is 11.7. The molecule has 25 heavy (non-hydrogen) atoms.